The number of allylic oxidation sites excluding steroid dienone is 1. The lowest BCUT2D eigenvalue weighted by atomic mass is 9.55. The first kappa shape index (κ1) is 20.7. The Morgan fingerprint density at radius 3 is 2.81 bits per heavy atom. The third-order valence-electron chi connectivity index (χ3n) is 8.09. The number of benzene rings is 2. The van der Waals surface area contributed by atoms with Gasteiger partial charge in [-0.2, -0.15) is 0 Å². The topological polar surface area (TPSA) is 89.7 Å². The van der Waals surface area contributed by atoms with Crippen LogP contribution in [0.3, 0.4) is 0 Å². The zero-order valence-corrected chi connectivity index (χ0v) is 18.3. The summed E-state index contributed by atoms with van der Waals surface area (Å²) in [4.78, 5) is 24.2. The molecule has 3 aliphatic carbocycles. The fourth-order valence-electron chi connectivity index (χ4n) is 6.48. The van der Waals surface area contributed by atoms with Gasteiger partial charge < -0.3 is 9.84 Å². The lowest BCUT2D eigenvalue weighted by Gasteiger charge is -2.48. The highest BCUT2D eigenvalue weighted by molar-refractivity contribution is 6.06. The van der Waals surface area contributed by atoms with E-state index < -0.39 is 4.92 Å². The highest BCUT2D eigenvalue weighted by Gasteiger charge is 2.56. The molecule has 3 aliphatic rings. The van der Waals surface area contributed by atoms with Crippen molar-refractivity contribution in [1.29, 1.82) is 0 Å². The number of fused-ring (bicyclic) bond motifs is 5. The van der Waals surface area contributed by atoms with E-state index in [2.05, 4.69) is 6.92 Å². The molecule has 5 rings (SSSR count). The van der Waals surface area contributed by atoms with Gasteiger partial charge in [-0.1, -0.05) is 19.1 Å². The summed E-state index contributed by atoms with van der Waals surface area (Å²) in [6.07, 6.45) is 6.22. The number of aryl methyl sites for hydroxylation is 1. The van der Waals surface area contributed by atoms with Crippen molar-refractivity contribution in [2.24, 2.45) is 17.3 Å². The van der Waals surface area contributed by atoms with Gasteiger partial charge in [0.15, 0.2) is 17.3 Å². The molecule has 0 radical (unpaired) electrons. The Hall–Kier alpha value is -3.15. The zero-order valence-electron chi connectivity index (χ0n) is 18.3. The third kappa shape index (κ3) is 3.12. The quantitative estimate of drug-likeness (QED) is 0.396. The summed E-state index contributed by atoms with van der Waals surface area (Å²) in [6, 6.07) is 10.3. The van der Waals surface area contributed by atoms with E-state index in [0.717, 1.165) is 31.3 Å². The van der Waals surface area contributed by atoms with Gasteiger partial charge in [0, 0.05) is 17.5 Å². The van der Waals surface area contributed by atoms with Crippen LogP contribution in [0.4, 0.5) is 5.69 Å². The van der Waals surface area contributed by atoms with Crippen LogP contribution in [0.15, 0.2) is 42.0 Å². The van der Waals surface area contributed by atoms with E-state index in [4.69, 9.17) is 4.74 Å². The maximum absolute atomic E-state index is 13.5. The van der Waals surface area contributed by atoms with E-state index in [1.54, 1.807) is 13.2 Å². The second-order valence-electron chi connectivity index (χ2n) is 9.65. The van der Waals surface area contributed by atoms with Crippen molar-refractivity contribution >= 4 is 17.5 Å². The molecule has 2 aromatic rings. The molecule has 0 heterocycles. The zero-order chi connectivity index (χ0) is 22.6. The molecule has 1 N–H and O–H groups in total. The van der Waals surface area contributed by atoms with Crippen LogP contribution in [0, 0.1) is 27.4 Å². The van der Waals surface area contributed by atoms with Gasteiger partial charge in [-0.05, 0) is 90.3 Å². The number of ether oxygens (including phenoxy) is 1. The van der Waals surface area contributed by atoms with Gasteiger partial charge in [-0.15, -0.1) is 0 Å². The smallest absolute Gasteiger partial charge is 0.270 e. The van der Waals surface area contributed by atoms with Crippen molar-refractivity contribution in [1.82, 2.24) is 0 Å². The molecule has 2 aromatic carbocycles. The molecule has 166 valence electrons. The molecule has 0 aromatic heterocycles. The molecule has 6 nitrogen and oxygen atoms in total. The Bertz CT molecular complexity index is 1150. The highest BCUT2D eigenvalue weighted by atomic mass is 16.6. The summed E-state index contributed by atoms with van der Waals surface area (Å²) in [6.45, 7) is 2.11. The van der Waals surface area contributed by atoms with Crippen LogP contribution in [0.1, 0.15) is 55.2 Å². The fourth-order valence-corrected chi connectivity index (χ4v) is 6.48. The monoisotopic (exact) mass is 433 g/mol. The van der Waals surface area contributed by atoms with Crippen molar-refractivity contribution in [2.45, 2.75) is 44.9 Å². The Labute approximate surface area is 187 Å². The number of carbonyl (C=O) groups is 1. The van der Waals surface area contributed by atoms with Gasteiger partial charge in [0.2, 0.25) is 0 Å². The molecule has 0 amide bonds. The van der Waals surface area contributed by atoms with Crippen LogP contribution < -0.4 is 4.74 Å². The van der Waals surface area contributed by atoms with Gasteiger partial charge >= 0.3 is 0 Å². The van der Waals surface area contributed by atoms with Crippen molar-refractivity contribution in [3.8, 4) is 11.5 Å². The fraction of sp³-hybridized carbons (Fsp3) is 0.423. The van der Waals surface area contributed by atoms with E-state index in [0.29, 0.717) is 29.6 Å². The molecule has 0 unspecified atom stereocenters. The van der Waals surface area contributed by atoms with E-state index >= 15 is 0 Å². The molecular formula is C26H27NO5. The Morgan fingerprint density at radius 2 is 2.06 bits per heavy atom. The lowest BCUT2D eigenvalue weighted by Crippen LogP contribution is -2.42. The summed E-state index contributed by atoms with van der Waals surface area (Å²) in [5.74, 6) is 1.90. The average molecular weight is 434 g/mol. The van der Waals surface area contributed by atoms with E-state index in [1.165, 1.54) is 23.3 Å². The number of carbonyl (C=O) groups excluding carboxylic acids is 1. The largest absolute Gasteiger partial charge is 0.504 e. The number of nitro groups is 1. The molecule has 0 bridgehead atoms. The number of nitrogens with zero attached hydrogens (tertiary/aromatic N) is 1. The van der Waals surface area contributed by atoms with Gasteiger partial charge in [-0.25, -0.2) is 0 Å². The minimum Gasteiger partial charge on any atom is -0.504 e. The lowest BCUT2D eigenvalue weighted by molar-refractivity contribution is -0.384. The second-order valence-corrected chi connectivity index (χ2v) is 9.65. The predicted molar refractivity (Wildman–Crippen MR) is 121 cm³/mol. The van der Waals surface area contributed by atoms with Gasteiger partial charge in [0.25, 0.3) is 5.69 Å². The van der Waals surface area contributed by atoms with Crippen molar-refractivity contribution in [3.05, 3.63) is 68.8 Å². The van der Waals surface area contributed by atoms with E-state index in [1.807, 2.05) is 24.3 Å². The number of phenolic OH excluding ortho intramolecular Hbond substituents is 1. The molecule has 0 spiro atoms. The molecule has 0 aliphatic heterocycles. The van der Waals surface area contributed by atoms with Crippen LogP contribution in [0.25, 0.3) is 6.08 Å². The first-order chi connectivity index (χ1) is 15.3. The van der Waals surface area contributed by atoms with Crippen LogP contribution in [-0.2, 0) is 11.2 Å². The van der Waals surface area contributed by atoms with Crippen LogP contribution >= 0.6 is 0 Å². The number of ketones is 1. The van der Waals surface area contributed by atoms with Crippen LogP contribution in [0.2, 0.25) is 0 Å². The molecule has 2 saturated carbocycles. The minimum atomic E-state index is -0.407. The maximum Gasteiger partial charge on any atom is 0.270 e. The molecule has 2 fully saturated rings. The number of nitro benzene ring substituents is 1. The average Bonchev–Trinajstić information content (AvgIpc) is 3.03. The summed E-state index contributed by atoms with van der Waals surface area (Å²) in [7, 11) is 1.57. The summed E-state index contributed by atoms with van der Waals surface area (Å²) < 4.78 is 5.36. The van der Waals surface area contributed by atoms with E-state index in [9.17, 15) is 20.0 Å². The number of non-ortho nitro benzene ring substituents is 1. The maximum atomic E-state index is 13.5. The molecule has 0 saturated heterocycles. The number of Topliss-reactive ketones (excluding diaryl/α,β-unsaturated/α-hetero) is 1. The van der Waals surface area contributed by atoms with Gasteiger partial charge in [0.1, 0.15) is 0 Å². The number of hydrogen-bond donors (Lipinski definition) is 1. The Kier molecular flexibility index (Phi) is 4.84. The standard InChI is InChI=1S/C26H27NO5/c1-26-9-8-19-20(7-6-16-13-23(28)24(32-2)14-21(16)19)22(26)12-17(25(26)29)10-15-4-3-5-18(11-15)27(30)31/h3-5,10-11,13-14,19-20,22,28H,6-9,12H2,1-2H3/b17-10+/t19-,20+,22-,26-/m0/s1. The van der Waals surface area contributed by atoms with Crippen LogP contribution in [0.5, 0.6) is 11.5 Å². The summed E-state index contributed by atoms with van der Waals surface area (Å²) in [5, 5.41) is 21.3. The second kappa shape index (κ2) is 7.47. The summed E-state index contributed by atoms with van der Waals surface area (Å²) in [5.41, 5.74) is 3.58. The Morgan fingerprint density at radius 1 is 1.25 bits per heavy atom. The number of methoxy groups -OCH3 is 1. The molecule has 6 heteroatoms. The van der Waals surface area contributed by atoms with Crippen molar-refractivity contribution in [3.63, 3.8) is 0 Å². The highest BCUT2D eigenvalue weighted by Crippen LogP contribution is 2.61. The first-order valence-corrected chi connectivity index (χ1v) is 11.2. The normalized spacial score (nSPS) is 29.9. The van der Waals surface area contributed by atoms with Crippen LogP contribution in [-0.4, -0.2) is 22.9 Å². The number of rotatable bonds is 3. The van der Waals surface area contributed by atoms with Crippen molar-refractivity contribution in [2.75, 3.05) is 7.11 Å². The summed E-state index contributed by atoms with van der Waals surface area (Å²) >= 11 is 0. The number of hydrogen-bond acceptors (Lipinski definition) is 5. The van der Waals surface area contributed by atoms with Gasteiger partial charge in [0.05, 0.1) is 12.0 Å². The Balaban J connectivity index is 1.48. The van der Waals surface area contributed by atoms with E-state index in [-0.39, 0.29) is 28.6 Å². The molecular weight excluding hydrogens is 406 g/mol. The first-order valence-electron chi connectivity index (χ1n) is 11.2. The minimum absolute atomic E-state index is 0.0366. The molecule has 32 heavy (non-hydrogen) atoms. The number of phenols is 1. The predicted octanol–water partition coefficient (Wildman–Crippen LogP) is 5.43. The number of aromatic hydroxyl groups is 1. The van der Waals surface area contributed by atoms with Crippen molar-refractivity contribution < 1.29 is 19.6 Å². The van der Waals surface area contributed by atoms with Gasteiger partial charge in [-0.3, -0.25) is 14.9 Å². The third-order valence-corrected chi connectivity index (χ3v) is 8.09. The molecule has 4 atom stereocenters. The SMILES string of the molecule is COc1cc2c(cc1O)CC[C@@H]1[C@@H]2CC[C@]2(C)C(=O)/C(=C/c3cccc([N+](=O)[O-])c3)C[C@@H]12.